The van der Waals surface area contributed by atoms with Gasteiger partial charge in [-0.1, -0.05) is 29.8 Å². The van der Waals surface area contributed by atoms with E-state index in [1.165, 1.54) is 5.56 Å². The number of pyridine rings is 1. The van der Waals surface area contributed by atoms with Gasteiger partial charge < -0.3 is 10.7 Å². The van der Waals surface area contributed by atoms with Gasteiger partial charge in [-0.15, -0.1) is 0 Å². The van der Waals surface area contributed by atoms with Gasteiger partial charge in [-0.3, -0.25) is 0 Å². The van der Waals surface area contributed by atoms with E-state index in [1.807, 2.05) is 41.3 Å². The molecule has 4 rings (SSSR count). The van der Waals surface area contributed by atoms with E-state index in [1.54, 1.807) is 6.20 Å². The van der Waals surface area contributed by atoms with Crippen LogP contribution in [0.1, 0.15) is 5.56 Å². The lowest BCUT2D eigenvalue weighted by Gasteiger charge is -2.02. The Morgan fingerprint density at radius 3 is 2.95 bits per heavy atom. The number of nitrogens with one attached hydrogen (secondary N) is 1. The van der Waals surface area contributed by atoms with Crippen LogP contribution < -0.4 is 5.73 Å². The number of nitrogens with two attached hydrogens (primary N) is 1. The molecule has 0 saturated heterocycles. The third-order valence-corrected chi connectivity index (χ3v) is 3.76. The number of H-pyrrole nitrogens is 1. The van der Waals surface area contributed by atoms with Gasteiger partial charge in [0.05, 0.1) is 5.69 Å². The molecule has 0 aliphatic rings. The van der Waals surface area contributed by atoms with Crippen molar-refractivity contribution in [2.75, 3.05) is 5.73 Å². The van der Waals surface area contributed by atoms with Crippen molar-refractivity contribution >= 4 is 16.9 Å². The second kappa shape index (κ2) is 4.73. The number of rotatable bonds is 2. The lowest BCUT2D eigenvalue weighted by Crippen LogP contribution is -1.97. The second-order valence-electron chi connectivity index (χ2n) is 5.31. The van der Waals surface area contributed by atoms with Gasteiger partial charge in [0.15, 0.2) is 5.82 Å². The second-order valence-corrected chi connectivity index (χ2v) is 5.31. The molecule has 0 radical (unpaired) electrons. The summed E-state index contributed by atoms with van der Waals surface area (Å²) < 4.78 is 1.81. The summed E-state index contributed by atoms with van der Waals surface area (Å²) in [7, 11) is 0. The van der Waals surface area contributed by atoms with E-state index in [0.29, 0.717) is 5.82 Å². The molecule has 0 unspecified atom stereocenters. The topological polar surface area (TPSA) is 72.5 Å². The molecule has 1 aromatic carbocycles. The molecule has 22 heavy (non-hydrogen) atoms. The summed E-state index contributed by atoms with van der Waals surface area (Å²) in [6.07, 6.45) is 5.60. The molecule has 3 heterocycles. The molecule has 0 atom stereocenters. The number of aromatic amines is 1. The molecule has 0 aliphatic heterocycles. The zero-order chi connectivity index (χ0) is 15.1. The van der Waals surface area contributed by atoms with Crippen LogP contribution >= 0.6 is 0 Å². The van der Waals surface area contributed by atoms with E-state index in [4.69, 9.17) is 5.73 Å². The van der Waals surface area contributed by atoms with Crippen molar-refractivity contribution in [2.45, 2.75) is 6.92 Å². The van der Waals surface area contributed by atoms with E-state index in [9.17, 15) is 0 Å². The largest absolute Gasteiger partial charge is 0.382 e. The number of hydrogen-bond donors (Lipinski definition) is 2. The van der Waals surface area contributed by atoms with Crippen molar-refractivity contribution in [1.82, 2.24) is 19.7 Å². The Kier molecular flexibility index (Phi) is 2.72. The minimum atomic E-state index is 0.520. The molecule has 0 amide bonds. The predicted molar refractivity (Wildman–Crippen MR) is 87.8 cm³/mol. The van der Waals surface area contributed by atoms with Gasteiger partial charge in [-0.25, -0.2) is 9.67 Å². The fourth-order valence-electron chi connectivity index (χ4n) is 2.69. The summed E-state index contributed by atoms with van der Waals surface area (Å²) in [5.74, 6) is 0.520. The van der Waals surface area contributed by atoms with Gasteiger partial charge in [0, 0.05) is 29.5 Å². The molecule has 5 nitrogen and oxygen atoms in total. The Labute approximate surface area is 127 Å². The van der Waals surface area contributed by atoms with E-state index in [0.717, 1.165) is 27.8 Å². The highest BCUT2D eigenvalue weighted by Crippen LogP contribution is 2.28. The first kappa shape index (κ1) is 12.6. The Balaban J connectivity index is 1.88. The van der Waals surface area contributed by atoms with Gasteiger partial charge in [-0.05, 0) is 24.6 Å². The molecule has 3 N–H and O–H groups in total. The van der Waals surface area contributed by atoms with Crippen LogP contribution in [0.15, 0.2) is 55.0 Å². The van der Waals surface area contributed by atoms with Crippen molar-refractivity contribution in [3.8, 4) is 16.8 Å². The highest BCUT2D eigenvalue weighted by atomic mass is 15.3. The number of nitrogens with zero attached hydrogens (tertiary/aromatic N) is 3. The lowest BCUT2D eigenvalue weighted by atomic mass is 10.1. The monoisotopic (exact) mass is 289 g/mol. The van der Waals surface area contributed by atoms with Crippen LogP contribution in [0.3, 0.4) is 0 Å². The van der Waals surface area contributed by atoms with Gasteiger partial charge in [0.2, 0.25) is 0 Å². The number of hydrogen-bond acceptors (Lipinski definition) is 3. The standard InChI is InChI=1S/C17H15N5/c1-11-3-2-4-12(9-11)14-10-22(21-16(14)18)15-6-8-20-17-13(15)5-7-19-17/h2-10H,1H3,(H2,18,21)(H,19,20). The van der Waals surface area contributed by atoms with Gasteiger partial charge in [0.1, 0.15) is 5.65 Å². The number of fused-ring (bicyclic) bond motifs is 1. The van der Waals surface area contributed by atoms with Gasteiger partial charge in [0.25, 0.3) is 0 Å². The molecule has 3 aromatic heterocycles. The average molecular weight is 289 g/mol. The van der Waals surface area contributed by atoms with Crippen LogP contribution in [0.25, 0.3) is 27.8 Å². The molecule has 4 aromatic rings. The Morgan fingerprint density at radius 2 is 2.09 bits per heavy atom. The Bertz CT molecular complexity index is 964. The molecule has 5 heteroatoms. The highest BCUT2D eigenvalue weighted by molar-refractivity contribution is 5.85. The Morgan fingerprint density at radius 1 is 1.18 bits per heavy atom. The van der Waals surface area contributed by atoms with Crippen molar-refractivity contribution in [3.63, 3.8) is 0 Å². The Hall–Kier alpha value is -3.08. The number of benzene rings is 1. The fourth-order valence-corrected chi connectivity index (χ4v) is 2.69. The first-order chi connectivity index (χ1) is 10.7. The number of aryl methyl sites for hydroxylation is 1. The first-order valence-corrected chi connectivity index (χ1v) is 7.07. The summed E-state index contributed by atoms with van der Waals surface area (Å²) in [5, 5.41) is 5.48. The summed E-state index contributed by atoms with van der Waals surface area (Å²) >= 11 is 0. The molecule has 108 valence electrons. The fraction of sp³-hybridized carbons (Fsp3) is 0.0588. The maximum Gasteiger partial charge on any atom is 0.153 e. The number of anilines is 1. The lowest BCUT2D eigenvalue weighted by molar-refractivity contribution is 0.892. The quantitative estimate of drug-likeness (QED) is 0.594. The molecular formula is C17H15N5. The van der Waals surface area contributed by atoms with Crippen molar-refractivity contribution < 1.29 is 0 Å². The van der Waals surface area contributed by atoms with Gasteiger partial charge in [-0.2, -0.15) is 5.10 Å². The van der Waals surface area contributed by atoms with Crippen LogP contribution in [-0.4, -0.2) is 19.7 Å². The van der Waals surface area contributed by atoms with E-state index in [2.05, 4.69) is 34.1 Å². The molecule has 0 saturated carbocycles. The minimum Gasteiger partial charge on any atom is -0.382 e. The molecule has 0 fully saturated rings. The maximum absolute atomic E-state index is 6.12. The SMILES string of the molecule is Cc1cccc(-c2cn(-c3ccnc4[nH]ccc34)nc2N)c1. The van der Waals surface area contributed by atoms with Crippen molar-refractivity contribution in [1.29, 1.82) is 0 Å². The summed E-state index contributed by atoms with van der Waals surface area (Å²) in [4.78, 5) is 7.41. The van der Waals surface area contributed by atoms with Crippen molar-refractivity contribution in [3.05, 3.63) is 60.6 Å². The minimum absolute atomic E-state index is 0.520. The summed E-state index contributed by atoms with van der Waals surface area (Å²) in [6, 6.07) is 12.2. The zero-order valence-electron chi connectivity index (χ0n) is 12.1. The highest BCUT2D eigenvalue weighted by Gasteiger charge is 2.12. The van der Waals surface area contributed by atoms with Crippen molar-refractivity contribution in [2.24, 2.45) is 0 Å². The van der Waals surface area contributed by atoms with E-state index < -0.39 is 0 Å². The number of nitrogen functional groups attached to an aromatic ring is 1. The summed E-state index contributed by atoms with van der Waals surface area (Å²) in [6.45, 7) is 2.07. The van der Waals surface area contributed by atoms with Crippen LogP contribution in [-0.2, 0) is 0 Å². The molecular weight excluding hydrogens is 274 g/mol. The third kappa shape index (κ3) is 1.95. The van der Waals surface area contributed by atoms with Crippen LogP contribution in [0.5, 0.6) is 0 Å². The zero-order valence-corrected chi connectivity index (χ0v) is 12.1. The van der Waals surface area contributed by atoms with Gasteiger partial charge >= 0.3 is 0 Å². The molecule has 0 aliphatic carbocycles. The van der Waals surface area contributed by atoms with Crippen LogP contribution in [0.4, 0.5) is 5.82 Å². The van der Waals surface area contributed by atoms with E-state index in [-0.39, 0.29) is 0 Å². The molecule has 0 spiro atoms. The maximum atomic E-state index is 6.12. The molecule has 0 bridgehead atoms. The van der Waals surface area contributed by atoms with Crippen LogP contribution in [0.2, 0.25) is 0 Å². The normalized spacial score (nSPS) is 11.1. The van der Waals surface area contributed by atoms with Crippen LogP contribution in [0, 0.1) is 6.92 Å². The van der Waals surface area contributed by atoms with E-state index >= 15 is 0 Å². The average Bonchev–Trinajstić information content (AvgIpc) is 3.13. The first-order valence-electron chi connectivity index (χ1n) is 7.07. The third-order valence-electron chi connectivity index (χ3n) is 3.76. The predicted octanol–water partition coefficient (Wildman–Crippen LogP) is 3.31. The summed E-state index contributed by atoms with van der Waals surface area (Å²) in [5.41, 5.74) is 11.1. The number of aromatic nitrogens is 4. The smallest absolute Gasteiger partial charge is 0.153 e.